The van der Waals surface area contributed by atoms with Gasteiger partial charge in [0.15, 0.2) is 5.69 Å². The number of anilines is 1. The third-order valence-corrected chi connectivity index (χ3v) is 3.54. The molecule has 2 heterocycles. The summed E-state index contributed by atoms with van der Waals surface area (Å²) >= 11 is 6.12. The van der Waals surface area contributed by atoms with Crippen LogP contribution in [0.1, 0.15) is 21.6 Å². The molecular weight excluding hydrogens is 294 g/mol. The number of hydrogen-bond donors (Lipinski definition) is 1. The first-order valence-corrected chi connectivity index (χ1v) is 6.81. The number of esters is 1. The fraction of sp³-hybridized carbons (Fsp3) is 0.286. The van der Waals surface area contributed by atoms with Crippen molar-refractivity contribution < 1.29 is 14.3 Å². The molecule has 110 valence electrons. The summed E-state index contributed by atoms with van der Waals surface area (Å²) < 4.78 is 11.9. The Hall–Kier alpha value is -2.21. The molecule has 0 spiro atoms. The Balaban J connectivity index is 1.93. The van der Waals surface area contributed by atoms with Crippen molar-refractivity contribution in [3.05, 3.63) is 40.2 Å². The summed E-state index contributed by atoms with van der Waals surface area (Å²) in [5, 5.41) is 4.80. The average Bonchev–Trinajstić information content (AvgIpc) is 3.04. The van der Waals surface area contributed by atoms with Gasteiger partial charge in [-0.1, -0.05) is 11.6 Å². The molecule has 0 bridgehead atoms. The van der Waals surface area contributed by atoms with Gasteiger partial charge in [0.2, 0.25) is 0 Å². The lowest BCUT2D eigenvalue weighted by Gasteiger charge is -2.09. The highest BCUT2D eigenvalue weighted by Crippen LogP contribution is 2.33. The number of methoxy groups -OCH3 is 1. The third-order valence-electron chi connectivity index (χ3n) is 3.33. The summed E-state index contributed by atoms with van der Waals surface area (Å²) in [5.74, 6) is 0.284. The monoisotopic (exact) mass is 307 g/mol. The number of ether oxygens (including phenoxy) is 2. The normalized spacial score (nSPS) is 12.9. The van der Waals surface area contributed by atoms with Crippen LogP contribution in [0.2, 0.25) is 5.02 Å². The molecule has 0 saturated carbocycles. The number of nitrogens with two attached hydrogens (primary N) is 1. The molecule has 0 atom stereocenters. The van der Waals surface area contributed by atoms with E-state index in [4.69, 9.17) is 22.1 Å². The van der Waals surface area contributed by atoms with Gasteiger partial charge < -0.3 is 15.2 Å². The van der Waals surface area contributed by atoms with Crippen LogP contribution in [0, 0.1) is 0 Å². The molecule has 0 saturated heterocycles. The molecule has 1 aliphatic rings. The first-order chi connectivity index (χ1) is 10.1. The lowest BCUT2D eigenvalue weighted by molar-refractivity contribution is 0.0594. The van der Waals surface area contributed by atoms with Crippen LogP contribution in [0.4, 0.5) is 5.69 Å². The Morgan fingerprint density at radius 2 is 2.38 bits per heavy atom. The smallest absolute Gasteiger partial charge is 0.360 e. The van der Waals surface area contributed by atoms with Crippen LogP contribution in [-0.4, -0.2) is 29.5 Å². The number of nitrogens with zero attached hydrogens (tertiary/aromatic N) is 2. The topological polar surface area (TPSA) is 79.4 Å². The van der Waals surface area contributed by atoms with Crippen molar-refractivity contribution in [3.8, 4) is 5.75 Å². The molecule has 1 aliphatic heterocycles. The van der Waals surface area contributed by atoms with Gasteiger partial charge in [-0.2, -0.15) is 5.10 Å². The van der Waals surface area contributed by atoms with Crippen molar-refractivity contribution in [1.82, 2.24) is 9.78 Å². The fourth-order valence-corrected chi connectivity index (χ4v) is 2.67. The van der Waals surface area contributed by atoms with Crippen molar-refractivity contribution >= 4 is 23.3 Å². The SMILES string of the molecule is COC(=O)c1nn(Cc2cc(Cl)cc3c2OCC3)cc1N. The van der Waals surface area contributed by atoms with Crippen LogP contribution in [0.15, 0.2) is 18.3 Å². The first-order valence-electron chi connectivity index (χ1n) is 6.44. The number of rotatable bonds is 3. The quantitative estimate of drug-likeness (QED) is 0.876. The Morgan fingerprint density at radius 3 is 3.14 bits per heavy atom. The van der Waals surface area contributed by atoms with E-state index in [0.717, 1.165) is 23.3 Å². The number of carbonyl (C=O) groups is 1. The minimum Gasteiger partial charge on any atom is -0.493 e. The summed E-state index contributed by atoms with van der Waals surface area (Å²) in [6.07, 6.45) is 2.44. The summed E-state index contributed by atoms with van der Waals surface area (Å²) in [5.41, 5.74) is 8.16. The molecule has 1 aromatic heterocycles. The molecule has 0 amide bonds. The Bertz CT molecular complexity index is 712. The van der Waals surface area contributed by atoms with E-state index in [1.807, 2.05) is 12.1 Å². The van der Waals surface area contributed by atoms with Gasteiger partial charge in [0.1, 0.15) is 5.75 Å². The zero-order valence-corrected chi connectivity index (χ0v) is 12.2. The summed E-state index contributed by atoms with van der Waals surface area (Å²) in [6.45, 7) is 1.07. The van der Waals surface area contributed by atoms with Crippen molar-refractivity contribution in [2.45, 2.75) is 13.0 Å². The summed E-state index contributed by atoms with van der Waals surface area (Å²) in [7, 11) is 1.29. The highest BCUT2D eigenvalue weighted by molar-refractivity contribution is 6.30. The molecule has 2 N–H and O–H groups in total. The maximum Gasteiger partial charge on any atom is 0.360 e. The van der Waals surface area contributed by atoms with Gasteiger partial charge in [0, 0.05) is 23.2 Å². The van der Waals surface area contributed by atoms with Crippen LogP contribution >= 0.6 is 11.6 Å². The minimum atomic E-state index is -0.557. The molecule has 0 unspecified atom stereocenters. The summed E-state index contributed by atoms with van der Waals surface area (Å²) in [4.78, 5) is 11.5. The zero-order chi connectivity index (χ0) is 15.0. The molecular formula is C14H14ClN3O3. The lowest BCUT2D eigenvalue weighted by Crippen LogP contribution is -2.07. The molecule has 0 aliphatic carbocycles. The Labute approximate surface area is 126 Å². The number of carbonyl (C=O) groups excluding carboxylic acids is 1. The molecule has 6 nitrogen and oxygen atoms in total. The predicted octanol–water partition coefficient (Wildman–Crippen LogP) is 1.89. The fourth-order valence-electron chi connectivity index (χ4n) is 2.41. The van der Waals surface area contributed by atoms with Gasteiger partial charge >= 0.3 is 5.97 Å². The van der Waals surface area contributed by atoms with Crippen molar-refractivity contribution in [1.29, 1.82) is 0 Å². The Kier molecular flexibility index (Phi) is 3.47. The number of aromatic nitrogens is 2. The highest BCUT2D eigenvalue weighted by atomic mass is 35.5. The molecule has 2 aromatic rings. The Morgan fingerprint density at radius 1 is 1.57 bits per heavy atom. The second kappa shape index (κ2) is 5.29. The second-order valence-electron chi connectivity index (χ2n) is 4.77. The van der Waals surface area contributed by atoms with E-state index in [2.05, 4.69) is 9.84 Å². The maximum atomic E-state index is 11.5. The van der Waals surface area contributed by atoms with E-state index in [1.165, 1.54) is 7.11 Å². The molecule has 7 heteroatoms. The van der Waals surface area contributed by atoms with Crippen molar-refractivity contribution in [3.63, 3.8) is 0 Å². The minimum absolute atomic E-state index is 0.108. The molecule has 0 radical (unpaired) electrons. The van der Waals surface area contributed by atoms with Crippen molar-refractivity contribution in [2.24, 2.45) is 0 Å². The van der Waals surface area contributed by atoms with E-state index < -0.39 is 5.97 Å². The van der Waals surface area contributed by atoms with Gasteiger partial charge in [0.25, 0.3) is 0 Å². The first kappa shape index (κ1) is 13.8. The number of fused-ring (bicyclic) bond motifs is 1. The van der Waals surface area contributed by atoms with Crippen molar-refractivity contribution in [2.75, 3.05) is 19.5 Å². The number of benzene rings is 1. The molecule has 1 aromatic carbocycles. The second-order valence-corrected chi connectivity index (χ2v) is 5.21. The van der Waals surface area contributed by atoms with E-state index in [0.29, 0.717) is 18.2 Å². The van der Waals surface area contributed by atoms with Crippen LogP contribution in [0.5, 0.6) is 5.75 Å². The maximum absolute atomic E-state index is 11.5. The third kappa shape index (κ3) is 2.54. The van der Waals surface area contributed by atoms with Gasteiger partial charge in [-0.3, -0.25) is 4.68 Å². The van der Waals surface area contributed by atoms with Gasteiger partial charge in [-0.25, -0.2) is 4.79 Å². The average molecular weight is 308 g/mol. The lowest BCUT2D eigenvalue weighted by atomic mass is 10.1. The number of halogens is 1. The highest BCUT2D eigenvalue weighted by Gasteiger charge is 2.20. The standard InChI is InChI=1S/C14H14ClN3O3/c1-20-14(19)12-11(16)7-18(17-12)6-9-5-10(15)4-8-2-3-21-13(8)9/h4-5,7H,2-3,6,16H2,1H3. The number of nitrogen functional groups attached to an aromatic ring is 1. The van der Waals surface area contributed by atoms with E-state index in [1.54, 1.807) is 10.9 Å². The van der Waals surface area contributed by atoms with Crippen LogP contribution in [-0.2, 0) is 17.7 Å². The van der Waals surface area contributed by atoms with Crippen LogP contribution < -0.4 is 10.5 Å². The predicted molar refractivity (Wildman–Crippen MR) is 77.7 cm³/mol. The zero-order valence-electron chi connectivity index (χ0n) is 11.4. The summed E-state index contributed by atoms with van der Waals surface area (Å²) in [6, 6.07) is 3.74. The molecule has 0 fully saturated rings. The van der Waals surface area contributed by atoms with E-state index in [-0.39, 0.29) is 11.4 Å². The molecule has 3 rings (SSSR count). The largest absolute Gasteiger partial charge is 0.493 e. The molecule has 21 heavy (non-hydrogen) atoms. The van der Waals surface area contributed by atoms with Crippen LogP contribution in [0.25, 0.3) is 0 Å². The van der Waals surface area contributed by atoms with Gasteiger partial charge in [0.05, 0.1) is 25.9 Å². The number of hydrogen-bond acceptors (Lipinski definition) is 5. The van der Waals surface area contributed by atoms with Gasteiger partial charge in [-0.15, -0.1) is 0 Å². The van der Waals surface area contributed by atoms with E-state index in [9.17, 15) is 4.79 Å². The van der Waals surface area contributed by atoms with Gasteiger partial charge in [-0.05, 0) is 17.7 Å². The van der Waals surface area contributed by atoms with E-state index >= 15 is 0 Å². The van der Waals surface area contributed by atoms with Crippen LogP contribution in [0.3, 0.4) is 0 Å².